The Morgan fingerprint density at radius 2 is 2.26 bits per heavy atom. The van der Waals surface area contributed by atoms with E-state index >= 15 is 0 Å². The summed E-state index contributed by atoms with van der Waals surface area (Å²) in [5.41, 5.74) is 0.932. The van der Waals surface area contributed by atoms with Crippen LogP contribution >= 0.6 is 11.3 Å². The fraction of sp³-hybridized carbons (Fsp3) is 0.500. The molecule has 1 atom stereocenters. The summed E-state index contributed by atoms with van der Waals surface area (Å²) >= 11 is 1.42. The van der Waals surface area contributed by atoms with Gasteiger partial charge in [-0.1, -0.05) is 24.3 Å². The van der Waals surface area contributed by atoms with Crippen molar-refractivity contribution in [3.05, 3.63) is 28.9 Å². The van der Waals surface area contributed by atoms with Crippen molar-refractivity contribution in [2.45, 2.75) is 32.6 Å². The maximum atomic E-state index is 12.5. The lowest BCUT2D eigenvalue weighted by Crippen LogP contribution is -2.34. The van der Waals surface area contributed by atoms with Crippen molar-refractivity contribution in [1.29, 1.82) is 0 Å². The van der Waals surface area contributed by atoms with Gasteiger partial charge >= 0.3 is 0 Å². The maximum absolute atomic E-state index is 12.5. The third-order valence-corrected chi connectivity index (χ3v) is 5.39. The van der Waals surface area contributed by atoms with Gasteiger partial charge in [-0.2, -0.15) is 0 Å². The molecule has 144 valence electrons. The Bertz CT molecular complexity index is 810. The second-order valence-corrected chi connectivity index (χ2v) is 7.39. The Balaban J connectivity index is 1.52. The van der Waals surface area contributed by atoms with Crippen LogP contribution in [-0.4, -0.2) is 47.2 Å². The van der Waals surface area contributed by atoms with Gasteiger partial charge in [-0.25, -0.2) is 4.98 Å². The van der Waals surface area contributed by atoms with Gasteiger partial charge in [0.25, 0.3) is 0 Å². The highest BCUT2D eigenvalue weighted by molar-refractivity contribution is 7.15. The molecule has 1 N–H and O–H groups in total. The standard InChI is InChI=1S/C18H23N5O3S/c1-3-5-14-21-22-18(27-14)23-11-13(10-15(23)24)16(25)19-9-7-12-6-4-8-20-17(12)26-2/h4,6,8,13H,3,5,7,9-11H2,1-2H3,(H,19,25). The van der Waals surface area contributed by atoms with Crippen LogP contribution in [0.2, 0.25) is 0 Å². The number of amides is 2. The molecule has 27 heavy (non-hydrogen) atoms. The Hall–Kier alpha value is -2.55. The molecular formula is C18H23N5O3S. The summed E-state index contributed by atoms with van der Waals surface area (Å²) in [6.45, 7) is 2.89. The van der Waals surface area contributed by atoms with Crippen molar-refractivity contribution in [3.63, 3.8) is 0 Å². The van der Waals surface area contributed by atoms with Crippen molar-refractivity contribution in [3.8, 4) is 5.88 Å². The molecule has 1 aliphatic rings. The summed E-state index contributed by atoms with van der Waals surface area (Å²) in [6.07, 6.45) is 4.31. The first-order valence-electron chi connectivity index (χ1n) is 9.00. The van der Waals surface area contributed by atoms with Crippen LogP contribution in [0.25, 0.3) is 0 Å². The summed E-state index contributed by atoms with van der Waals surface area (Å²) in [7, 11) is 1.57. The van der Waals surface area contributed by atoms with Crippen LogP contribution in [0.1, 0.15) is 30.3 Å². The van der Waals surface area contributed by atoms with Gasteiger partial charge in [-0.15, -0.1) is 10.2 Å². The van der Waals surface area contributed by atoms with E-state index in [0.29, 0.717) is 30.5 Å². The van der Waals surface area contributed by atoms with E-state index in [2.05, 4.69) is 27.4 Å². The molecule has 0 aliphatic carbocycles. The van der Waals surface area contributed by atoms with Gasteiger partial charge in [0.1, 0.15) is 5.01 Å². The van der Waals surface area contributed by atoms with Crippen molar-refractivity contribution in [2.75, 3.05) is 25.1 Å². The van der Waals surface area contributed by atoms with E-state index < -0.39 is 0 Å². The van der Waals surface area contributed by atoms with Crippen LogP contribution in [0.5, 0.6) is 5.88 Å². The summed E-state index contributed by atoms with van der Waals surface area (Å²) < 4.78 is 5.21. The number of nitrogens with one attached hydrogen (secondary N) is 1. The molecule has 0 spiro atoms. The van der Waals surface area contributed by atoms with Crippen LogP contribution in [0, 0.1) is 5.92 Å². The van der Waals surface area contributed by atoms with Gasteiger partial charge in [-0.05, 0) is 18.9 Å². The molecule has 1 fully saturated rings. The van der Waals surface area contributed by atoms with E-state index in [1.165, 1.54) is 11.3 Å². The third-order valence-electron chi connectivity index (χ3n) is 4.38. The topological polar surface area (TPSA) is 97.3 Å². The van der Waals surface area contributed by atoms with E-state index in [-0.39, 0.29) is 24.2 Å². The van der Waals surface area contributed by atoms with Gasteiger partial charge in [-0.3, -0.25) is 14.5 Å². The zero-order valence-corrected chi connectivity index (χ0v) is 16.3. The fourth-order valence-corrected chi connectivity index (χ4v) is 3.97. The van der Waals surface area contributed by atoms with Crippen LogP contribution in [0.15, 0.2) is 18.3 Å². The normalized spacial score (nSPS) is 16.6. The van der Waals surface area contributed by atoms with E-state index in [0.717, 1.165) is 23.4 Å². The maximum Gasteiger partial charge on any atom is 0.229 e. The molecule has 0 aromatic carbocycles. The quantitative estimate of drug-likeness (QED) is 0.737. The SMILES string of the molecule is CCCc1nnc(N2CC(C(=O)NCCc3cccnc3OC)CC2=O)s1. The highest BCUT2D eigenvalue weighted by Gasteiger charge is 2.36. The zero-order valence-electron chi connectivity index (χ0n) is 15.5. The number of nitrogens with zero attached hydrogens (tertiary/aromatic N) is 4. The average molecular weight is 389 g/mol. The number of hydrogen-bond acceptors (Lipinski definition) is 7. The predicted octanol–water partition coefficient (Wildman–Crippen LogP) is 1.61. The summed E-state index contributed by atoms with van der Waals surface area (Å²) in [5.74, 6) is -0.00442. The molecule has 2 amide bonds. The lowest BCUT2D eigenvalue weighted by Gasteiger charge is -2.13. The Morgan fingerprint density at radius 3 is 3.04 bits per heavy atom. The molecule has 2 aromatic heterocycles. The largest absolute Gasteiger partial charge is 0.481 e. The van der Waals surface area contributed by atoms with E-state index in [1.807, 2.05) is 12.1 Å². The third kappa shape index (κ3) is 4.60. The van der Waals surface area contributed by atoms with Gasteiger partial charge < -0.3 is 10.1 Å². The predicted molar refractivity (Wildman–Crippen MR) is 102 cm³/mol. The fourth-order valence-electron chi connectivity index (χ4n) is 3.00. The Morgan fingerprint density at radius 1 is 1.41 bits per heavy atom. The van der Waals surface area contributed by atoms with Crippen LogP contribution in [-0.2, 0) is 22.4 Å². The highest BCUT2D eigenvalue weighted by Crippen LogP contribution is 2.28. The average Bonchev–Trinajstić information content (AvgIpc) is 3.29. The number of methoxy groups -OCH3 is 1. The number of aromatic nitrogens is 3. The first-order chi connectivity index (χ1) is 13.1. The number of carbonyl (C=O) groups is 2. The van der Waals surface area contributed by atoms with E-state index in [4.69, 9.17) is 4.74 Å². The van der Waals surface area contributed by atoms with Gasteiger partial charge in [0.05, 0.1) is 13.0 Å². The monoisotopic (exact) mass is 389 g/mol. The number of pyridine rings is 1. The minimum Gasteiger partial charge on any atom is -0.481 e. The Labute approximate surface area is 162 Å². The summed E-state index contributed by atoms with van der Waals surface area (Å²) in [5, 5.41) is 12.6. The minimum absolute atomic E-state index is 0.0803. The Kier molecular flexibility index (Phi) is 6.33. The molecule has 0 radical (unpaired) electrons. The molecular weight excluding hydrogens is 366 g/mol. The summed E-state index contributed by atoms with van der Waals surface area (Å²) in [6, 6.07) is 3.75. The molecule has 8 nitrogen and oxygen atoms in total. The number of rotatable bonds is 8. The lowest BCUT2D eigenvalue weighted by atomic mass is 10.1. The smallest absolute Gasteiger partial charge is 0.229 e. The van der Waals surface area contributed by atoms with Gasteiger partial charge in [0.15, 0.2) is 0 Å². The second kappa shape index (κ2) is 8.90. The first-order valence-corrected chi connectivity index (χ1v) is 9.82. The van der Waals surface area contributed by atoms with Crippen LogP contribution in [0.4, 0.5) is 5.13 Å². The number of carbonyl (C=O) groups excluding carboxylic acids is 2. The number of anilines is 1. The molecule has 1 aliphatic heterocycles. The number of ether oxygens (including phenoxy) is 1. The molecule has 9 heteroatoms. The molecule has 2 aromatic rings. The minimum atomic E-state index is -0.369. The van der Waals surface area contributed by atoms with Crippen LogP contribution in [0.3, 0.4) is 0 Å². The first kappa shape index (κ1) is 19.2. The van der Waals surface area contributed by atoms with Crippen molar-refractivity contribution >= 4 is 28.3 Å². The van der Waals surface area contributed by atoms with E-state index in [9.17, 15) is 9.59 Å². The molecule has 3 rings (SSSR count). The van der Waals surface area contributed by atoms with Crippen molar-refractivity contribution < 1.29 is 14.3 Å². The molecule has 1 unspecified atom stereocenters. The van der Waals surface area contributed by atoms with Crippen molar-refractivity contribution in [1.82, 2.24) is 20.5 Å². The van der Waals surface area contributed by atoms with Gasteiger partial charge in [0.2, 0.25) is 22.8 Å². The molecule has 1 saturated heterocycles. The zero-order chi connectivity index (χ0) is 19.2. The van der Waals surface area contributed by atoms with Gasteiger partial charge in [0, 0.05) is 37.7 Å². The number of hydrogen-bond donors (Lipinski definition) is 1. The lowest BCUT2D eigenvalue weighted by molar-refractivity contribution is -0.126. The molecule has 0 saturated carbocycles. The molecule has 3 heterocycles. The van der Waals surface area contributed by atoms with Crippen molar-refractivity contribution in [2.24, 2.45) is 5.92 Å². The molecule has 0 bridgehead atoms. The summed E-state index contributed by atoms with van der Waals surface area (Å²) in [4.78, 5) is 30.5. The second-order valence-electron chi connectivity index (χ2n) is 6.35. The van der Waals surface area contributed by atoms with E-state index in [1.54, 1.807) is 18.2 Å². The number of aryl methyl sites for hydroxylation is 1. The highest BCUT2D eigenvalue weighted by atomic mass is 32.1. The van der Waals surface area contributed by atoms with Crippen LogP contribution < -0.4 is 15.0 Å².